The minimum atomic E-state index is -0.435. The molecule has 0 bridgehead atoms. The second kappa shape index (κ2) is 7.73. The lowest BCUT2D eigenvalue weighted by Crippen LogP contribution is -2.24. The van der Waals surface area contributed by atoms with Crippen LogP contribution in [0.5, 0.6) is 0 Å². The zero-order chi connectivity index (χ0) is 15.9. The molecule has 0 aliphatic rings. The smallest absolute Gasteiger partial charge is 0.248 e. The highest BCUT2D eigenvalue weighted by atomic mass is 16.3. The standard InChI is InChI=1S/C18H22N2O2/c1-2-13-6-8-15(9-7-13)17(12-21)20-11-14-4-3-5-16(10-14)18(19)22/h3-10,17,20-21H,2,11-12H2,1H3,(H2,19,22). The van der Waals surface area contributed by atoms with Crippen LogP contribution < -0.4 is 11.1 Å². The lowest BCUT2D eigenvalue weighted by molar-refractivity contribution is 0.1000. The Labute approximate surface area is 131 Å². The van der Waals surface area contributed by atoms with Gasteiger partial charge in [0.1, 0.15) is 0 Å². The summed E-state index contributed by atoms with van der Waals surface area (Å²) < 4.78 is 0. The topological polar surface area (TPSA) is 75.3 Å². The van der Waals surface area contributed by atoms with Crippen molar-refractivity contribution in [3.63, 3.8) is 0 Å². The first-order valence-electron chi connectivity index (χ1n) is 7.46. The molecule has 0 aliphatic carbocycles. The van der Waals surface area contributed by atoms with Crippen molar-refractivity contribution < 1.29 is 9.90 Å². The largest absolute Gasteiger partial charge is 0.394 e. The maximum absolute atomic E-state index is 11.2. The number of aliphatic hydroxyl groups excluding tert-OH is 1. The molecule has 22 heavy (non-hydrogen) atoms. The molecule has 0 saturated heterocycles. The molecule has 0 saturated carbocycles. The van der Waals surface area contributed by atoms with Crippen molar-refractivity contribution in [1.82, 2.24) is 5.32 Å². The molecule has 1 amide bonds. The summed E-state index contributed by atoms with van der Waals surface area (Å²) in [6.45, 7) is 2.69. The van der Waals surface area contributed by atoms with E-state index < -0.39 is 5.91 Å². The van der Waals surface area contributed by atoms with Crippen LogP contribution in [0.1, 0.15) is 40.0 Å². The third-order valence-electron chi connectivity index (χ3n) is 3.74. The highest BCUT2D eigenvalue weighted by molar-refractivity contribution is 5.92. The molecule has 2 aromatic carbocycles. The number of amides is 1. The fraction of sp³-hybridized carbons (Fsp3) is 0.278. The fourth-order valence-corrected chi connectivity index (χ4v) is 2.35. The van der Waals surface area contributed by atoms with E-state index in [4.69, 9.17) is 5.73 Å². The lowest BCUT2D eigenvalue weighted by atomic mass is 10.0. The molecule has 0 heterocycles. The van der Waals surface area contributed by atoms with Crippen molar-refractivity contribution in [3.05, 3.63) is 70.8 Å². The maximum Gasteiger partial charge on any atom is 0.248 e. The number of hydrogen-bond donors (Lipinski definition) is 3. The van der Waals surface area contributed by atoms with E-state index in [9.17, 15) is 9.90 Å². The Morgan fingerprint density at radius 2 is 1.91 bits per heavy atom. The van der Waals surface area contributed by atoms with E-state index in [1.54, 1.807) is 18.2 Å². The highest BCUT2D eigenvalue weighted by Crippen LogP contribution is 2.15. The van der Waals surface area contributed by atoms with Crippen molar-refractivity contribution in [2.24, 2.45) is 5.73 Å². The summed E-state index contributed by atoms with van der Waals surface area (Å²) in [5.74, 6) is -0.435. The Balaban J connectivity index is 2.04. The molecule has 0 fully saturated rings. The lowest BCUT2D eigenvalue weighted by Gasteiger charge is -2.17. The van der Waals surface area contributed by atoms with Crippen LogP contribution >= 0.6 is 0 Å². The van der Waals surface area contributed by atoms with Crippen LogP contribution in [0.25, 0.3) is 0 Å². The van der Waals surface area contributed by atoms with Crippen LogP contribution in [0.4, 0.5) is 0 Å². The molecule has 1 unspecified atom stereocenters. The van der Waals surface area contributed by atoms with Gasteiger partial charge in [0.25, 0.3) is 0 Å². The number of aliphatic hydroxyl groups is 1. The molecule has 116 valence electrons. The number of primary amides is 1. The summed E-state index contributed by atoms with van der Waals surface area (Å²) in [5.41, 5.74) is 9.05. The molecule has 0 radical (unpaired) electrons. The summed E-state index contributed by atoms with van der Waals surface area (Å²) in [6, 6.07) is 15.3. The molecule has 4 N–H and O–H groups in total. The molecule has 2 rings (SSSR count). The highest BCUT2D eigenvalue weighted by Gasteiger charge is 2.10. The summed E-state index contributed by atoms with van der Waals surface area (Å²) >= 11 is 0. The Hall–Kier alpha value is -2.17. The van der Waals surface area contributed by atoms with Crippen molar-refractivity contribution in [2.75, 3.05) is 6.61 Å². The minimum absolute atomic E-state index is 0.0149. The molecule has 0 spiro atoms. The Bertz CT molecular complexity index is 623. The van der Waals surface area contributed by atoms with Gasteiger partial charge in [-0.25, -0.2) is 0 Å². The van der Waals surface area contributed by atoms with Gasteiger partial charge in [-0.3, -0.25) is 4.79 Å². The SMILES string of the molecule is CCc1ccc(C(CO)NCc2cccc(C(N)=O)c2)cc1. The van der Waals surface area contributed by atoms with E-state index in [0.29, 0.717) is 12.1 Å². The first kappa shape index (κ1) is 16.2. The first-order chi connectivity index (χ1) is 10.6. The fourth-order valence-electron chi connectivity index (χ4n) is 2.35. The summed E-state index contributed by atoms with van der Waals surface area (Å²) in [5, 5.41) is 12.9. The van der Waals surface area contributed by atoms with E-state index in [0.717, 1.165) is 17.5 Å². The molecule has 0 aliphatic heterocycles. The van der Waals surface area contributed by atoms with E-state index in [-0.39, 0.29) is 12.6 Å². The number of nitrogens with two attached hydrogens (primary N) is 1. The predicted octanol–water partition coefficient (Wildman–Crippen LogP) is 2.17. The molecule has 1 atom stereocenters. The Morgan fingerprint density at radius 1 is 1.18 bits per heavy atom. The molecule has 4 nitrogen and oxygen atoms in total. The molecule has 0 aromatic heterocycles. The average Bonchev–Trinajstić information content (AvgIpc) is 2.56. The number of benzene rings is 2. The maximum atomic E-state index is 11.2. The van der Waals surface area contributed by atoms with Crippen molar-refractivity contribution in [2.45, 2.75) is 25.9 Å². The van der Waals surface area contributed by atoms with Gasteiger partial charge < -0.3 is 16.2 Å². The number of carbonyl (C=O) groups excluding carboxylic acids is 1. The zero-order valence-corrected chi connectivity index (χ0v) is 12.8. The van der Waals surface area contributed by atoms with Gasteiger partial charge in [-0.05, 0) is 35.2 Å². The van der Waals surface area contributed by atoms with Gasteiger partial charge in [-0.15, -0.1) is 0 Å². The molecular weight excluding hydrogens is 276 g/mol. The third-order valence-corrected chi connectivity index (χ3v) is 3.74. The molecule has 2 aromatic rings. The summed E-state index contributed by atoms with van der Waals surface area (Å²) in [7, 11) is 0. The van der Waals surface area contributed by atoms with E-state index >= 15 is 0 Å². The molecule has 4 heteroatoms. The van der Waals surface area contributed by atoms with E-state index in [1.165, 1.54) is 5.56 Å². The van der Waals surface area contributed by atoms with Gasteiger partial charge in [0.05, 0.1) is 12.6 Å². The van der Waals surface area contributed by atoms with E-state index in [1.807, 2.05) is 18.2 Å². The quantitative estimate of drug-likeness (QED) is 0.733. The van der Waals surface area contributed by atoms with Crippen LogP contribution in [0, 0.1) is 0 Å². The van der Waals surface area contributed by atoms with Crippen LogP contribution in [-0.2, 0) is 13.0 Å². The van der Waals surface area contributed by atoms with Crippen LogP contribution in [0.2, 0.25) is 0 Å². The number of carbonyl (C=O) groups is 1. The Kier molecular flexibility index (Phi) is 5.69. The van der Waals surface area contributed by atoms with Crippen LogP contribution in [0.15, 0.2) is 48.5 Å². The Morgan fingerprint density at radius 3 is 2.50 bits per heavy atom. The second-order valence-electron chi connectivity index (χ2n) is 5.28. The summed E-state index contributed by atoms with van der Waals surface area (Å²) in [6.07, 6.45) is 0.997. The van der Waals surface area contributed by atoms with Gasteiger partial charge in [0.15, 0.2) is 0 Å². The van der Waals surface area contributed by atoms with Crippen molar-refractivity contribution >= 4 is 5.91 Å². The van der Waals surface area contributed by atoms with E-state index in [2.05, 4.69) is 24.4 Å². The normalized spacial score (nSPS) is 12.1. The number of nitrogens with one attached hydrogen (secondary N) is 1. The second-order valence-corrected chi connectivity index (χ2v) is 5.28. The van der Waals surface area contributed by atoms with Gasteiger partial charge in [-0.2, -0.15) is 0 Å². The first-order valence-corrected chi connectivity index (χ1v) is 7.46. The van der Waals surface area contributed by atoms with Gasteiger partial charge in [-0.1, -0.05) is 43.3 Å². The van der Waals surface area contributed by atoms with Crippen molar-refractivity contribution in [1.29, 1.82) is 0 Å². The third kappa shape index (κ3) is 4.16. The summed E-state index contributed by atoms with van der Waals surface area (Å²) in [4.78, 5) is 11.2. The van der Waals surface area contributed by atoms with Crippen molar-refractivity contribution in [3.8, 4) is 0 Å². The van der Waals surface area contributed by atoms with Crippen LogP contribution in [-0.4, -0.2) is 17.6 Å². The van der Waals surface area contributed by atoms with Gasteiger partial charge >= 0.3 is 0 Å². The van der Waals surface area contributed by atoms with Gasteiger partial charge in [0.2, 0.25) is 5.91 Å². The number of hydrogen-bond acceptors (Lipinski definition) is 3. The number of aryl methyl sites for hydroxylation is 1. The van der Waals surface area contributed by atoms with Gasteiger partial charge in [0, 0.05) is 12.1 Å². The number of rotatable bonds is 7. The van der Waals surface area contributed by atoms with Crippen LogP contribution in [0.3, 0.4) is 0 Å². The zero-order valence-electron chi connectivity index (χ0n) is 12.8. The average molecular weight is 298 g/mol. The minimum Gasteiger partial charge on any atom is -0.394 e. The molecular formula is C18H22N2O2. The monoisotopic (exact) mass is 298 g/mol. The predicted molar refractivity (Wildman–Crippen MR) is 87.4 cm³/mol.